The van der Waals surface area contributed by atoms with Gasteiger partial charge in [-0.3, -0.25) is 4.31 Å². The van der Waals surface area contributed by atoms with Gasteiger partial charge in [0.05, 0.1) is 24.7 Å². The molecule has 134 valence electrons. The molecule has 1 aliphatic rings. The monoisotopic (exact) mass is 361 g/mol. The lowest BCUT2D eigenvalue weighted by Gasteiger charge is -2.33. The number of aliphatic hydroxyl groups excluding tert-OH is 1. The number of anilines is 1. The number of aryl methyl sites for hydroxylation is 1. The van der Waals surface area contributed by atoms with Gasteiger partial charge in [-0.2, -0.15) is 0 Å². The number of nitrogens with zero attached hydrogens (tertiary/aromatic N) is 1. The minimum Gasteiger partial charge on any atom is -0.497 e. The fraction of sp³-hybridized carbons (Fsp3) is 0.368. The highest BCUT2D eigenvalue weighted by Crippen LogP contribution is 2.37. The molecule has 0 aliphatic carbocycles. The van der Waals surface area contributed by atoms with E-state index in [1.54, 1.807) is 25.3 Å². The van der Waals surface area contributed by atoms with Crippen molar-refractivity contribution in [3.63, 3.8) is 0 Å². The van der Waals surface area contributed by atoms with Crippen molar-refractivity contribution >= 4 is 15.7 Å². The Kier molecular flexibility index (Phi) is 5.30. The predicted octanol–water partition coefficient (Wildman–Crippen LogP) is 2.90. The standard InChI is InChI=1S/C19H23NO4S/c1-24-16-9-10-17-18(14-16)20(12-11-19(17)21)25(22,23)13-5-8-15-6-3-2-4-7-15/h2-4,6-7,9-10,14,19,21H,5,8,11-13H2,1H3. The number of rotatable bonds is 6. The zero-order valence-corrected chi connectivity index (χ0v) is 15.1. The van der Waals surface area contributed by atoms with Crippen molar-refractivity contribution in [3.8, 4) is 5.75 Å². The van der Waals surface area contributed by atoms with Gasteiger partial charge in [-0.1, -0.05) is 36.4 Å². The maximum Gasteiger partial charge on any atom is 0.235 e. The highest BCUT2D eigenvalue weighted by molar-refractivity contribution is 7.92. The van der Waals surface area contributed by atoms with Gasteiger partial charge in [-0.05, 0) is 30.9 Å². The molecule has 2 aromatic rings. The molecule has 0 saturated heterocycles. The first-order valence-corrected chi connectivity index (χ1v) is 10.0. The summed E-state index contributed by atoms with van der Waals surface area (Å²) in [4.78, 5) is 0. The molecule has 1 heterocycles. The molecule has 0 aromatic heterocycles. The lowest BCUT2D eigenvalue weighted by atomic mass is 10.0. The van der Waals surface area contributed by atoms with Crippen LogP contribution in [0.5, 0.6) is 5.75 Å². The topological polar surface area (TPSA) is 66.8 Å². The SMILES string of the molecule is COc1ccc2c(c1)N(S(=O)(=O)CCCc1ccccc1)CCC2O. The molecule has 0 amide bonds. The van der Waals surface area contributed by atoms with Crippen molar-refractivity contribution in [2.75, 3.05) is 23.7 Å². The molecular weight excluding hydrogens is 338 g/mol. The van der Waals surface area contributed by atoms with Crippen LogP contribution in [0.25, 0.3) is 0 Å². The van der Waals surface area contributed by atoms with E-state index in [1.165, 1.54) is 4.31 Å². The van der Waals surface area contributed by atoms with E-state index >= 15 is 0 Å². The average molecular weight is 361 g/mol. The van der Waals surface area contributed by atoms with Crippen molar-refractivity contribution in [2.45, 2.75) is 25.4 Å². The summed E-state index contributed by atoms with van der Waals surface area (Å²) in [6.45, 7) is 0.287. The van der Waals surface area contributed by atoms with E-state index in [9.17, 15) is 13.5 Å². The second-order valence-electron chi connectivity index (χ2n) is 6.21. The quantitative estimate of drug-likeness (QED) is 0.859. The zero-order chi connectivity index (χ0) is 17.9. The van der Waals surface area contributed by atoms with Crippen molar-refractivity contribution in [1.82, 2.24) is 0 Å². The van der Waals surface area contributed by atoms with E-state index in [1.807, 2.05) is 30.3 Å². The Bertz CT molecular complexity index is 821. The molecule has 25 heavy (non-hydrogen) atoms. The van der Waals surface area contributed by atoms with E-state index in [0.717, 1.165) is 12.0 Å². The second-order valence-corrected chi connectivity index (χ2v) is 8.22. The maximum atomic E-state index is 12.8. The smallest absolute Gasteiger partial charge is 0.235 e. The van der Waals surface area contributed by atoms with Gasteiger partial charge in [0.15, 0.2) is 0 Å². The summed E-state index contributed by atoms with van der Waals surface area (Å²) in [5, 5.41) is 10.2. The fourth-order valence-corrected chi connectivity index (χ4v) is 4.74. The Morgan fingerprint density at radius 1 is 1.20 bits per heavy atom. The Morgan fingerprint density at radius 2 is 1.96 bits per heavy atom. The molecular formula is C19H23NO4S. The van der Waals surface area contributed by atoms with E-state index in [-0.39, 0.29) is 12.3 Å². The van der Waals surface area contributed by atoms with Crippen LogP contribution in [0.3, 0.4) is 0 Å². The van der Waals surface area contributed by atoms with Crippen molar-refractivity contribution < 1.29 is 18.3 Å². The molecule has 0 spiro atoms. The Balaban J connectivity index is 1.77. The number of aliphatic hydroxyl groups is 1. The second kappa shape index (κ2) is 7.45. The first-order valence-electron chi connectivity index (χ1n) is 8.41. The van der Waals surface area contributed by atoms with E-state index in [4.69, 9.17) is 4.74 Å². The minimum atomic E-state index is -3.45. The Labute approximate surface area is 148 Å². The first kappa shape index (κ1) is 17.8. The molecule has 2 aromatic carbocycles. The van der Waals surface area contributed by atoms with Crippen LogP contribution in [0, 0.1) is 0 Å². The molecule has 1 aliphatic heterocycles. The molecule has 1 unspecified atom stereocenters. The summed E-state index contributed by atoms with van der Waals surface area (Å²) in [5.41, 5.74) is 2.30. The summed E-state index contributed by atoms with van der Waals surface area (Å²) < 4.78 is 32.3. The maximum absolute atomic E-state index is 12.8. The van der Waals surface area contributed by atoms with Gasteiger partial charge in [-0.25, -0.2) is 8.42 Å². The molecule has 0 saturated carbocycles. The van der Waals surface area contributed by atoms with E-state index in [2.05, 4.69) is 0 Å². The highest BCUT2D eigenvalue weighted by Gasteiger charge is 2.31. The molecule has 3 rings (SSSR count). The number of fused-ring (bicyclic) bond motifs is 1. The summed E-state index contributed by atoms with van der Waals surface area (Å²) >= 11 is 0. The number of hydrogen-bond acceptors (Lipinski definition) is 4. The molecule has 1 N–H and O–H groups in total. The van der Waals surface area contributed by atoms with Gasteiger partial charge < -0.3 is 9.84 Å². The number of hydrogen-bond donors (Lipinski definition) is 1. The third-order valence-electron chi connectivity index (χ3n) is 4.52. The van der Waals surface area contributed by atoms with Crippen molar-refractivity contribution in [2.24, 2.45) is 0 Å². The molecule has 0 radical (unpaired) electrons. The third kappa shape index (κ3) is 3.96. The third-order valence-corrected chi connectivity index (χ3v) is 6.37. The van der Waals surface area contributed by atoms with Crippen LogP contribution in [0.2, 0.25) is 0 Å². The van der Waals surface area contributed by atoms with Gasteiger partial charge >= 0.3 is 0 Å². The fourth-order valence-electron chi connectivity index (χ4n) is 3.17. The normalized spacial score (nSPS) is 17.2. The highest BCUT2D eigenvalue weighted by atomic mass is 32.2. The number of sulfonamides is 1. The Morgan fingerprint density at radius 3 is 2.68 bits per heavy atom. The van der Waals surface area contributed by atoms with Crippen LogP contribution in [0.1, 0.15) is 30.1 Å². The van der Waals surface area contributed by atoms with Gasteiger partial charge in [0, 0.05) is 18.2 Å². The zero-order valence-electron chi connectivity index (χ0n) is 14.3. The molecule has 0 fully saturated rings. The first-order chi connectivity index (χ1) is 12.0. The van der Waals surface area contributed by atoms with Gasteiger partial charge in [0.1, 0.15) is 5.75 Å². The number of methoxy groups -OCH3 is 1. The lowest BCUT2D eigenvalue weighted by Crippen LogP contribution is -2.38. The van der Waals surface area contributed by atoms with Crippen molar-refractivity contribution in [1.29, 1.82) is 0 Å². The predicted molar refractivity (Wildman–Crippen MR) is 98.5 cm³/mol. The number of benzene rings is 2. The molecule has 5 nitrogen and oxygen atoms in total. The largest absolute Gasteiger partial charge is 0.497 e. The lowest BCUT2D eigenvalue weighted by molar-refractivity contribution is 0.166. The van der Waals surface area contributed by atoms with Crippen LogP contribution in [-0.2, 0) is 16.4 Å². The van der Waals surface area contributed by atoms with Crippen LogP contribution < -0.4 is 9.04 Å². The molecule has 1 atom stereocenters. The molecule has 0 bridgehead atoms. The van der Waals surface area contributed by atoms with Gasteiger partial charge in [-0.15, -0.1) is 0 Å². The van der Waals surface area contributed by atoms with Crippen LogP contribution in [0.4, 0.5) is 5.69 Å². The van der Waals surface area contributed by atoms with Gasteiger partial charge in [0.2, 0.25) is 10.0 Å². The summed E-state index contributed by atoms with van der Waals surface area (Å²) in [5.74, 6) is 0.659. The van der Waals surface area contributed by atoms with Crippen molar-refractivity contribution in [3.05, 3.63) is 59.7 Å². The molecule has 6 heteroatoms. The Hall–Kier alpha value is -2.05. The summed E-state index contributed by atoms with van der Waals surface area (Å²) in [6.07, 6.45) is 1.04. The van der Waals surface area contributed by atoms with Crippen LogP contribution >= 0.6 is 0 Å². The van der Waals surface area contributed by atoms with Gasteiger partial charge in [0.25, 0.3) is 0 Å². The number of ether oxygens (including phenoxy) is 1. The van der Waals surface area contributed by atoms with E-state index < -0.39 is 16.1 Å². The minimum absolute atomic E-state index is 0.0780. The summed E-state index contributed by atoms with van der Waals surface area (Å²) in [6, 6.07) is 15.0. The average Bonchev–Trinajstić information content (AvgIpc) is 2.62. The summed E-state index contributed by atoms with van der Waals surface area (Å²) in [7, 11) is -1.91. The van der Waals surface area contributed by atoms with Crippen LogP contribution in [-0.4, -0.2) is 32.9 Å². The van der Waals surface area contributed by atoms with E-state index in [0.29, 0.717) is 29.8 Å². The van der Waals surface area contributed by atoms with Crippen LogP contribution in [0.15, 0.2) is 48.5 Å².